The van der Waals surface area contributed by atoms with E-state index in [4.69, 9.17) is 17.0 Å². The molecule has 20 heavy (non-hydrogen) atoms. The second kappa shape index (κ2) is 7.59. The van der Waals surface area contributed by atoms with Crippen molar-refractivity contribution in [3.8, 4) is 0 Å². The number of allylic oxidation sites excluding steroid dienone is 1. The summed E-state index contributed by atoms with van der Waals surface area (Å²) in [4.78, 5) is 0. The summed E-state index contributed by atoms with van der Waals surface area (Å²) in [5.41, 5.74) is 6.99. The molecule has 1 atom stereocenters. The molecule has 0 bridgehead atoms. The Labute approximate surface area is 139 Å². The van der Waals surface area contributed by atoms with E-state index < -0.39 is 20.8 Å². The Balaban J connectivity index is 0.000000452. The third-order valence-corrected chi connectivity index (χ3v) is 3.50. The molecule has 1 aliphatic rings. The van der Waals surface area contributed by atoms with Gasteiger partial charge >= 0.3 is 37.9 Å². The SMILES string of the molecule is Cc1cc(C)c2c(c1)C=CC2c1ccccc1.[Cl][Zr][Cl]. The molecule has 0 heterocycles. The summed E-state index contributed by atoms with van der Waals surface area (Å²) in [5, 5.41) is 0. The van der Waals surface area contributed by atoms with Crippen molar-refractivity contribution in [2.75, 3.05) is 0 Å². The van der Waals surface area contributed by atoms with E-state index in [0.29, 0.717) is 5.92 Å². The molecule has 0 N–H and O–H groups in total. The van der Waals surface area contributed by atoms with Gasteiger partial charge in [-0.3, -0.25) is 0 Å². The minimum absolute atomic E-state index is 0.437. The number of hydrogen-bond donors (Lipinski definition) is 0. The van der Waals surface area contributed by atoms with Crippen LogP contribution in [-0.4, -0.2) is 0 Å². The molecule has 0 aromatic heterocycles. The molecule has 2 aromatic carbocycles. The molecular weight excluding hydrogens is 366 g/mol. The predicted octanol–water partition coefficient (Wildman–Crippen LogP) is 5.84. The maximum absolute atomic E-state index is 4.93. The van der Waals surface area contributed by atoms with Gasteiger partial charge in [-0.2, -0.15) is 0 Å². The molecule has 0 aliphatic heterocycles. The summed E-state index contributed by atoms with van der Waals surface area (Å²) in [7, 11) is 9.87. The summed E-state index contributed by atoms with van der Waals surface area (Å²) in [6.07, 6.45) is 4.57. The van der Waals surface area contributed by atoms with E-state index in [9.17, 15) is 0 Å². The molecule has 1 unspecified atom stereocenters. The van der Waals surface area contributed by atoms with Crippen molar-refractivity contribution in [3.63, 3.8) is 0 Å². The van der Waals surface area contributed by atoms with Gasteiger partial charge in [0.2, 0.25) is 0 Å². The van der Waals surface area contributed by atoms with Crippen LogP contribution in [0.4, 0.5) is 0 Å². The van der Waals surface area contributed by atoms with E-state index in [0.717, 1.165) is 0 Å². The Bertz CT molecular complexity index is 606. The van der Waals surface area contributed by atoms with Gasteiger partial charge in [0.05, 0.1) is 0 Å². The Kier molecular flexibility index (Phi) is 6.08. The topological polar surface area (TPSA) is 0 Å². The molecule has 3 heteroatoms. The van der Waals surface area contributed by atoms with Gasteiger partial charge in [-0.1, -0.05) is 60.2 Å². The van der Waals surface area contributed by atoms with E-state index >= 15 is 0 Å². The van der Waals surface area contributed by atoms with Crippen LogP contribution in [0, 0.1) is 13.8 Å². The average Bonchev–Trinajstić information content (AvgIpc) is 2.84. The second-order valence-corrected chi connectivity index (χ2v) is 8.64. The molecule has 1 aliphatic carbocycles. The van der Waals surface area contributed by atoms with Crippen LogP contribution in [0.3, 0.4) is 0 Å². The van der Waals surface area contributed by atoms with E-state index in [2.05, 4.69) is 68.5 Å². The van der Waals surface area contributed by atoms with Crippen LogP contribution >= 0.6 is 17.0 Å². The summed E-state index contributed by atoms with van der Waals surface area (Å²) >= 11 is -0.826. The Hall–Kier alpha value is -0.357. The molecule has 0 amide bonds. The molecular formula is C17H16Cl2Zr. The number of hydrogen-bond acceptors (Lipinski definition) is 0. The first-order chi connectivity index (χ1) is 9.67. The summed E-state index contributed by atoms with van der Waals surface area (Å²) in [6, 6.07) is 15.3. The van der Waals surface area contributed by atoms with Crippen molar-refractivity contribution in [1.29, 1.82) is 0 Å². The van der Waals surface area contributed by atoms with Crippen molar-refractivity contribution in [2.45, 2.75) is 19.8 Å². The van der Waals surface area contributed by atoms with Crippen LogP contribution in [0.15, 0.2) is 48.5 Å². The van der Waals surface area contributed by atoms with Gasteiger partial charge in [0.15, 0.2) is 0 Å². The van der Waals surface area contributed by atoms with Crippen LogP contribution < -0.4 is 0 Å². The van der Waals surface area contributed by atoms with Gasteiger partial charge in [0.1, 0.15) is 0 Å². The van der Waals surface area contributed by atoms with Gasteiger partial charge in [-0.05, 0) is 36.1 Å². The third-order valence-electron chi connectivity index (χ3n) is 3.50. The van der Waals surface area contributed by atoms with Gasteiger partial charge < -0.3 is 0 Å². The van der Waals surface area contributed by atoms with Gasteiger partial charge in [-0.25, -0.2) is 0 Å². The zero-order chi connectivity index (χ0) is 14.5. The number of fused-ring (bicyclic) bond motifs is 1. The van der Waals surface area contributed by atoms with Gasteiger partial charge in [0.25, 0.3) is 0 Å². The monoisotopic (exact) mass is 380 g/mol. The fourth-order valence-corrected chi connectivity index (χ4v) is 2.81. The first kappa shape index (κ1) is 16.0. The summed E-state index contributed by atoms with van der Waals surface area (Å²) in [5.74, 6) is 0.437. The van der Waals surface area contributed by atoms with Crippen molar-refractivity contribution in [3.05, 3.63) is 76.4 Å². The molecule has 0 nitrogen and oxygen atoms in total. The van der Waals surface area contributed by atoms with Crippen molar-refractivity contribution in [2.24, 2.45) is 0 Å². The van der Waals surface area contributed by atoms with Crippen LogP contribution in [0.1, 0.15) is 33.7 Å². The van der Waals surface area contributed by atoms with Crippen molar-refractivity contribution < 1.29 is 20.8 Å². The molecule has 102 valence electrons. The number of rotatable bonds is 1. The maximum atomic E-state index is 4.93. The normalized spacial score (nSPS) is 15.3. The van der Waals surface area contributed by atoms with E-state index in [1.807, 2.05) is 0 Å². The fourth-order valence-electron chi connectivity index (χ4n) is 2.81. The standard InChI is InChI=1S/C17H16.2ClH.Zr/c1-12-10-13(2)17-15(11-12)8-9-16(17)14-6-4-3-5-7-14;;;/h3-11,16H,1-2H3;2*1H;/q;;;+2/p-2. The van der Waals surface area contributed by atoms with E-state index in [-0.39, 0.29) is 0 Å². The molecule has 0 saturated heterocycles. The summed E-state index contributed by atoms with van der Waals surface area (Å²) in [6.45, 7) is 4.38. The Morgan fingerprint density at radius 2 is 1.65 bits per heavy atom. The number of halogens is 2. The predicted molar refractivity (Wildman–Crippen MR) is 84.9 cm³/mol. The van der Waals surface area contributed by atoms with Crippen LogP contribution in [-0.2, 0) is 20.8 Å². The van der Waals surface area contributed by atoms with Crippen molar-refractivity contribution in [1.82, 2.24) is 0 Å². The number of benzene rings is 2. The average molecular weight is 382 g/mol. The van der Waals surface area contributed by atoms with Crippen LogP contribution in [0.5, 0.6) is 0 Å². The minimum atomic E-state index is -0.826. The van der Waals surface area contributed by atoms with Crippen LogP contribution in [0.2, 0.25) is 0 Å². The number of aryl methyl sites for hydroxylation is 2. The quantitative estimate of drug-likeness (QED) is 0.581. The molecule has 0 radical (unpaired) electrons. The first-order valence-corrected chi connectivity index (χ1v) is 12.8. The molecule has 2 aromatic rings. The zero-order valence-electron chi connectivity index (χ0n) is 11.5. The van der Waals surface area contributed by atoms with Gasteiger partial charge in [-0.15, -0.1) is 0 Å². The second-order valence-electron chi connectivity index (χ2n) is 4.90. The molecule has 3 rings (SSSR count). The zero-order valence-corrected chi connectivity index (χ0v) is 15.5. The molecule has 0 spiro atoms. The Morgan fingerprint density at radius 3 is 2.30 bits per heavy atom. The molecule has 0 saturated carbocycles. The third kappa shape index (κ3) is 3.64. The van der Waals surface area contributed by atoms with Crippen LogP contribution in [0.25, 0.3) is 6.08 Å². The molecule has 0 fully saturated rings. The van der Waals surface area contributed by atoms with E-state index in [1.54, 1.807) is 0 Å². The Morgan fingerprint density at radius 1 is 1.00 bits per heavy atom. The van der Waals surface area contributed by atoms with E-state index in [1.165, 1.54) is 27.8 Å². The fraction of sp³-hybridized carbons (Fsp3) is 0.176. The summed E-state index contributed by atoms with van der Waals surface area (Å²) < 4.78 is 0. The first-order valence-electron chi connectivity index (χ1n) is 6.48. The van der Waals surface area contributed by atoms with Gasteiger partial charge in [0, 0.05) is 5.92 Å². The van der Waals surface area contributed by atoms with Crippen molar-refractivity contribution >= 4 is 23.1 Å².